The Hall–Kier alpha value is -10.2. The number of ketones is 1. The average molecular weight is 1740 g/mol. The Morgan fingerprint density at radius 2 is 0.754 bits per heavy atom. The van der Waals surface area contributed by atoms with E-state index in [1.54, 1.807) is 42.5 Å². The van der Waals surface area contributed by atoms with Gasteiger partial charge in [0.25, 0.3) is 0 Å². The summed E-state index contributed by atoms with van der Waals surface area (Å²) in [5.74, 6) is -14.1. The molecule has 0 N–H and O–H groups in total. The smallest absolute Gasteiger partial charge is 0.460 e. The van der Waals surface area contributed by atoms with Crippen LogP contribution in [0.15, 0.2) is 380 Å². The van der Waals surface area contributed by atoms with Crippen molar-refractivity contribution >= 4 is 60.5 Å². The highest BCUT2D eigenvalue weighted by molar-refractivity contribution is 7.98. The lowest BCUT2D eigenvalue weighted by atomic mass is 9.87. The largest absolute Gasteiger partial charge is 0.872 e. The molecule has 1 unspecified atom stereocenters. The van der Waals surface area contributed by atoms with Gasteiger partial charge >= 0.3 is 39.2 Å². The molecule has 0 aromatic heterocycles. The van der Waals surface area contributed by atoms with Crippen molar-refractivity contribution in [3.63, 3.8) is 0 Å². The van der Waals surface area contributed by atoms with E-state index < -0.39 is 40.1 Å². The zero-order chi connectivity index (χ0) is 82.6. The summed E-state index contributed by atoms with van der Waals surface area (Å²) in [5, 5.41) is 29.7. The van der Waals surface area contributed by atoms with Gasteiger partial charge in [-0.05, 0) is 140 Å². The van der Waals surface area contributed by atoms with Gasteiger partial charge in [0.05, 0.1) is 45.9 Å². The van der Waals surface area contributed by atoms with Crippen LogP contribution in [0.3, 0.4) is 0 Å². The lowest BCUT2D eigenvalue weighted by molar-refractivity contribution is -0.597. The molecule has 12 aromatic carbocycles. The molecule has 14 rings (SSSR count). The zero-order valence-corrected chi connectivity index (χ0v) is 67.7. The molecule has 114 heavy (non-hydrogen) atoms. The van der Waals surface area contributed by atoms with Crippen LogP contribution in [0.4, 0.5) is 30.7 Å². The van der Waals surface area contributed by atoms with Gasteiger partial charge in [-0.15, -0.1) is 5.75 Å². The van der Waals surface area contributed by atoms with Crippen molar-refractivity contribution in [3.05, 3.63) is 370 Å². The molecule has 2 aliphatic heterocycles. The first kappa shape index (κ1) is 91.0. The van der Waals surface area contributed by atoms with E-state index in [4.69, 9.17) is 14.2 Å². The number of rotatable bonds is 15. The van der Waals surface area contributed by atoms with Gasteiger partial charge in [0.1, 0.15) is 40.8 Å². The first-order valence-electron chi connectivity index (χ1n) is 35.2. The number of alkyl halides is 7. The fourth-order valence-corrected chi connectivity index (χ4v) is 20.1. The second-order valence-corrected chi connectivity index (χ2v) is 36.2. The summed E-state index contributed by atoms with van der Waals surface area (Å²) in [6.45, 7) is 10.9. The van der Waals surface area contributed by atoms with E-state index in [1.807, 2.05) is 31.2 Å². The molecule has 12 aromatic rings. The van der Waals surface area contributed by atoms with Crippen molar-refractivity contribution in [2.75, 3.05) is 37.9 Å². The Kier molecular flexibility index (Phi) is 36.4. The van der Waals surface area contributed by atoms with Crippen LogP contribution in [0, 0.1) is 19.5 Å². The van der Waals surface area contributed by atoms with E-state index >= 15 is 0 Å². The van der Waals surface area contributed by atoms with Gasteiger partial charge in [-0.25, -0.2) is 8.42 Å². The molecular weight excluding hydrogens is 1660 g/mol. The van der Waals surface area contributed by atoms with Crippen LogP contribution in [0.5, 0.6) is 17.2 Å². The summed E-state index contributed by atoms with van der Waals surface area (Å²) in [5.41, 5.74) is 1.81. The quantitative estimate of drug-likeness (QED) is 0.0309. The van der Waals surface area contributed by atoms with Gasteiger partial charge in [0.2, 0.25) is 5.78 Å². The first-order chi connectivity index (χ1) is 54.5. The zero-order valence-electron chi connectivity index (χ0n) is 62.3. The molecule has 2 aliphatic rings. The number of hydrogen-bond donors (Lipinski definition) is 0. The maximum Gasteiger partial charge on any atom is 0.460 e. The number of aliphatic carboxylic acids is 1. The summed E-state index contributed by atoms with van der Waals surface area (Å²) in [6.07, 6.45) is -6.64. The van der Waals surface area contributed by atoms with Crippen LogP contribution in [-0.4, -0.2) is 91.9 Å². The number of benzene rings is 12. The number of halogens is 8. The fourth-order valence-electron chi connectivity index (χ4n) is 10.4. The second kappa shape index (κ2) is 45.6. The van der Waals surface area contributed by atoms with Crippen molar-refractivity contribution in [3.8, 4) is 17.2 Å². The summed E-state index contributed by atoms with van der Waals surface area (Å²) >= 11 is 0.0287. The van der Waals surface area contributed by atoms with Crippen molar-refractivity contribution in [1.29, 1.82) is 0 Å². The molecule has 1 fully saturated rings. The van der Waals surface area contributed by atoms with Gasteiger partial charge in [0, 0.05) is 21.9 Å². The second-order valence-electron chi connectivity index (χ2n) is 25.4. The van der Waals surface area contributed by atoms with E-state index in [-0.39, 0.29) is 86.5 Å². The third-order valence-corrected chi connectivity index (χ3v) is 26.8. The summed E-state index contributed by atoms with van der Waals surface area (Å²) in [6, 6.07) is 113. The Balaban J connectivity index is 0.000000185. The number of ether oxygens (including phenoxy) is 3. The molecule has 24 heteroatoms. The predicted octanol–water partition coefficient (Wildman–Crippen LogP) is 14.4. The standard InChI is InChI=1S/C18H25O4S.2C18H15S.C12H10I.C7H8O3S.C7H6O2.C6H6O.C4HF7O2/c1-18(2,3)17(23-10-8-20-9-11-23)16(19)13-4-5-14-15(12-13)22-7-6-21-14;2*1-4-10-16(11-5-1)19(17-12-6-2-7-13-17)18-14-8-3-9-15-18;1-3-7-11(8-4-1)13-12-9-5-2-6-10-12;1-6-2-4-7(5-3-6)11(8,9)10;8-7(9)6-4-2-1-3-5-6;7-6-4-2-1-3-5-6;5-2(6,1(12)13)3(7,8)4(9,10)11/h4-5,12,17H,6-11H2,1-3H3;2*1-15H;1-10H;2-5H,1H3,(H,8,9,10);1-5H,(H,8,9);1-5,7H;(H,12,13)/q4*+1;;;;/p-4. The fraction of sp³-hybridized carbons (Fsp3) is 0.167. The Bertz CT molecular complexity index is 4560. The van der Waals surface area contributed by atoms with E-state index in [0.29, 0.717) is 19.0 Å². The van der Waals surface area contributed by atoms with E-state index in [9.17, 15) is 73.4 Å². The molecule has 1 saturated heterocycles. The molecule has 0 saturated carbocycles. The van der Waals surface area contributed by atoms with Crippen LogP contribution < -0.4 is 46.0 Å². The minimum absolute atomic E-state index is 0.0146. The minimum Gasteiger partial charge on any atom is -0.872 e. The SMILES string of the molecule is CC(C)(C)C(C(=O)c1ccc2c(c1)OCCO2)[S+]1CCOCC1.Cc1ccc(S(=O)(=O)[O-])cc1.O=C([O-])C(F)(F)C(F)(F)C(F)(F)F.O=C([O-])c1ccccc1.[O-]c1ccccc1.c1ccc([I+]c2ccccc2)cc1.c1ccc([S+](c2ccccc2)c2ccccc2)cc1.c1ccc([S+](c2ccccc2)c2ccccc2)cc1. The topological polar surface area (TPSA) is 205 Å². The summed E-state index contributed by atoms with van der Waals surface area (Å²) in [7, 11) is -4.23. The number of carbonyl (C=O) groups is 3. The van der Waals surface area contributed by atoms with Gasteiger partial charge in [-0.1, -0.05) is 245 Å². The highest BCUT2D eigenvalue weighted by Gasteiger charge is 2.73. The number of aryl methyl sites for hydroxylation is 1. The van der Waals surface area contributed by atoms with Crippen molar-refractivity contribution in [2.24, 2.45) is 5.41 Å². The van der Waals surface area contributed by atoms with Crippen molar-refractivity contribution in [1.82, 2.24) is 0 Å². The molecule has 0 radical (unpaired) electrons. The number of carboxylic acid groups (broad SMARTS) is 2. The first-order valence-corrected chi connectivity index (χ1v) is 42.9. The van der Waals surface area contributed by atoms with Crippen LogP contribution in [-0.2, 0) is 52.3 Å². The Morgan fingerprint density at radius 1 is 0.430 bits per heavy atom. The third-order valence-electron chi connectivity index (χ3n) is 15.8. The average Bonchev–Trinajstić information content (AvgIpc) is 0.770. The number of para-hydroxylation sites is 1. The Labute approximate surface area is 679 Å². The molecule has 594 valence electrons. The molecule has 0 amide bonds. The molecule has 0 aliphatic carbocycles. The molecule has 0 bridgehead atoms. The maximum atomic E-state index is 13.2. The summed E-state index contributed by atoms with van der Waals surface area (Å²) < 4.78 is 131. The van der Waals surface area contributed by atoms with Crippen LogP contribution in [0.25, 0.3) is 0 Å². The normalized spacial score (nSPS) is 12.7. The Morgan fingerprint density at radius 3 is 1.04 bits per heavy atom. The molecule has 0 spiro atoms. The number of hydrogen-bond acceptors (Lipinski definition) is 12. The monoisotopic (exact) mass is 1740 g/mol. The predicted molar refractivity (Wildman–Crippen MR) is 423 cm³/mol. The third kappa shape index (κ3) is 29.3. The maximum absolute atomic E-state index is 13.2. The van der Waals surface area contributed by atoms with Crippen LogP contribution in [0.1, 0.15) is 47.1 Å². The molecule has 12 nitrogen and oxygen atoms in total. The van der Waals surface area contributed by atoms with Gasteiger partial charge in [0.15, 0.2) is 53.3 Å². The van der Waals surface area contributed by atoms with Gasteiger partial charge in [-0.2, -0.15) is 30.7 Å². The molecule has 2 heterocycles. The van der Waals surface area contributed by atoms with Gasteiger partial charge in [-0.3, -0.25) is 4.79 Å². The van der Waals surface area contributed by atoms with Crippen LogP contribution >= 0.6 is 0 Å². The van der Waals surface area contributed by atoms with Gasteiger partial charge < -0.3 is 43.7 Å². The number of carboxylic acids is 2. The van der Waals surface area contributed by atoms with Crippen molar-refractivity contribution in [2.45, 2.75) is 85.2 Å². The molecule has 1 atom stereocenters. The lowest BCUT2D eigenvalue weighted by Crippen LogP contribution is -3.61. The summed E-state index contributed by atoms with van der Waals surface area (Å²) in [4.78, 5) is 40.6. The number of aromatic carboxylic acids is 1. The lowest BCUT2D eigenvalue weighted by Gasteiger charge is -2.31. The van der Waals surface area contributed by atoms with E-state index in [0.717, 1.165) is 41.6 Å². The van der Waals surface area contributed by atoms with Crippen LogP contribution in [0.2, 0.25) is 0 Å². The highest BCUT2D eigenvalue weighted by Crippen LogP contribution is 2.46. The van der Waals surface area contributed by atoms with E-state index in [1.165, 1.54) is 72.9 Å². The number of carbonyl (C=O) groups excluding carboxylic acids is 3. The minimum atomic E-state index is -6.64. The number of Topliss-reactive ketones (excluding diaryl/α,β-unsaturated/α-hetero) is 1. The van der Waals surface area contributed by atoms with E-state index in [2.05, 4.69) is 263 Å². The highest BCUT2D eigenvalue weighted by atomic mass is 127. The number of fused-ring (bicyclic) bond motifs is 1. The molecular formula is C90H82F7IO12S4. The van der Waals surface area contributed by atoms with Crippen molar-refractivity contribution < 1.29 is 109 Å².